The van der Waals surface area contributed by atoms with E-state index in [4.69, 9.17) is 38.9 Å². The number of hydrogen-bond acceptors (Lipinski definition) is 12. The summed E-state index contributed by atoms with van der Waals surface area (Å²) in [5, 5.41) is 54.6. The number of ether oxygens (including phenoxy) is 2. The van der Waals surface area contributed by atoms with Crippen molar-refractivity contribution in [2.45, 2.75) is 24.4 Å². The third kappa shape index (κ3) is 13.0. The fraction of sp³-hybridized carbons (Fsp3) is 1.00. The molecule has 0 rings (SSSR count). The second-order valence-electron chi connectivity index (χ2n) is 5.28. The Morgan fingerprint density at radius 1 is 0.692 bits per heavy atom. The lowest BCUT2D eigenvalue weighted by Crippen LogP contribution is -2.29. The van der Waals surface area contributed by atoms with Crippen LogP contribution in [0.4, 0.5) is 0 Å². The van der Waals surface area contributed by atoms with E-state index in [1.54, 1.807) is 0 Å². The van der Waals surface area contributed by atoms with Crippen LogP contribution in [0.1, 0.15) is 0 Å². The lowest BCUT2D eigenvalue weighted by atomic mass is 10.4. The van der Waals surface area contributed by atoms with Crippen molar-refractivity contribution in [1.29, 1.82) is 0 Å². The minimum atomic E-state index is -4.00. The van der Waals surface area contributed by atoms with Gasteiger partial charge in [-0.1, -0.05) is 0 Å². The molecule has 5 unspecified atom stereocenters. The fourth-order valence-electron chi connectivity index (χ4n) is 1.38. The van der Waals surface area contributed by atoms with Crippen molar-refractivity contribution in [1.82, 2.24) is 0 Å². The maximum Gasteiger partial charge on any atom is 0.474 e. The van der Waals surface area contributed by atoms with Gasteiger partial charge < -0.3 is 40.1 Å². The third-order valence-corrected chi connectivity index (χ3v) is 4.11. The van der Waals surface area contributed by atoms with Gasteiger partial charge in [0.25, 0.3) is 0 Å². The van der Waals surface area contributed by atoms with Crippen LogP contribution in [0.3, 0.4) is 0 Å². The third-order valence-electron chi connectivity index (χ3n) is 2.74. The Hall–Kier alpha value is -0.210. The van der Waals surface area contributed by atoms with E-state index in [-0.39, 0.29) is 26.4 Å². The minimum Gasteiger partial charge on any atom is -0.394 e. The first-order valence-corrected chi connectivity index (χ1v) is 9.26. The van der Waals surface area contributed by atoms with E-state index in [0.29, 0.717) is 0 Å². The van der Waals surface area contributed by atoms with E-state index < -0.39 is 58.7 Å². The summed E-state index contributed by atoms with van der Waals surface area (Å²) in [7, 11) is -2.95. The molecule has 0 aromatic heterocycles. The van der Waals surface area contributed by atoms with Gasteiger partial charge in [0, 0.05) is 7.11 Å². The number of phosphoric ester groups is 1. The molecule has 158 valence electrons. The van der Waals surface area contributed by atoms with E-state index in [0.717, 1.165) is 7.11 Å². The maximum atomic E-state index is 12.0. The average Bonchev–Trinajstić information content (AvgIpc) is 2.64. The number of aliphatic hydroxyl groups excluding tert-OH is 6. The summed E-state index contributed by atoms with van der Waals surface area (Å²) in [4.78, 5) is 0. The summed E-state index contributed by atoms with van der Waals surface area (Å²) in [6.45, 7) is -2.68. The van der Waals surface area contributed by atoms with Crippen LogP contribution in [-0.2, 0) is 27.6 Å². The zero-order chi connectivity index (χ0) is 20.0. The Morgan fingerprint density at radius 3 is 1.46 bits per heavy atom. The maximum absolute atomic E-state index is 12.0. The predicted molar refractivity (Wildman–Crippen MR) is 86.4 cm³/mol. The molecule has 0 heterocycles. The van der Waals surface area contributed by atoms with Gasteiger partial charge in [0.2, 0.25) is 0 Å². The summed E-state index contributed by atoms with van der Waals surface area (Å²) in [5.74, 6) is 0. The molecular formula is C13H29O12P. The molecule has 0 radical (unpaired) electrons. The number of hydrogen-bond donors (Lipinski definition) is 6. The van der Waals surface area contributed by atoms with Gasteiger partial charge in [-0.3, -0.25) is 13.6 Å². The molecule has 0 aromatic rings. The van der Waals surface area contributed by atoms with Gasteiger partial charge in [-0.25, -0.2) is 4.57 Å². The van der Waals surface area contributed by atoms with Gasteiger partial charge in [0.15, 0.2) is 0 Å². The summed E-state index contributed by atoms with van der Waals surface area (Å²) in [5.41, 5.74) is 0. The minimum absolute atomic E-state index is 0.135. The summed E-state index contributed by atoms with van der Waals surface area (Å²) < 4.78 is 36.1. The van der Waals surface area contributed by atoms with E-state index >= 15 is 0 Å². The SMILES string of the molecule is COP(=O)(OCC(O)CO)OCC(O)COCC(O)COCC(O)CO. The molecule has 6 N–H and O–H groups in total. The Balaban J connectivity index is 3.92. The number of aliphatic hydroxyl groups is 6. The second kappa shape index (κ2) is 14.8. The molecule has 0 aliphatic rings. The lowest BCUT2D eigenvalue weighted by molar-refractivity contribution is -0.0632. The molecule has 5 atom stereocenters. The normalized spacial score (nSPS) is 18.9. The molecule has 0 aliphatic heterocycles. The van der Waals surface area contributed by atoms with Gasteiger partial charge in [0.1, 0.15) is 24.4 Å². The highest BCUT2D eigenvalue weighted by Gasteiger charge is 2.27. The molecule has 0 aromatic carbocycles. The van der Waals surface area contributed by atoms with Crippen LogP contribution in [0, 0.1) is 0 Å². The Morgan fingerprint density at radius 2 is 1.04 bits per heavy atom. The highest BCUT2D eigenvalue weighted by molar-refractivity contribution is 7.48. The van der Waals surface area contributed by atoms with Crippen LogP contribution in [0.5, 0.6) is 0 Å². The summed E-state index contributed by atoms with van der Waals surface area (Å²) in [6.07, 6.45) is -4.49. The van der Waals surface area contributed by atoms with Gasteiger partial charge >= 0.3 is 7.82 Å². The first-order chi connectivity index (χ1) is 12.3. The quantitative estimate of drug-likeness (QED) is 0.136. The fourth-order valence-corrected chi connectivity index (χ4v) is 2.37. The molecule has 0 spiro atoms. The van der Waals surface area contributed by atoms with Crippen LogP contribution in [0.15, 0.2) is 0 Å². The van der Waals surface area contributed by atoms with Gasteiger partial charge in [-0.15, -0.1) is 0 Å². The Bertz CT molecular complexity index is 384. The smallest absolute Gasteiger partial charge is 0.394 e. The van der Waals surface area contributed by atoms with E-state index in [1.165, 1.54) is 0 Å². The van der Waals surface area contributed by atoms with Crippen molar-refractivity contribution in [3.05, 3.63) is 0 Å². The first kappa shape index (κ1) is 25.8. The van der Waals surface area contributed by atoms with Gasteiger partial charge in [-0.05, 0) is 0 Å². The second-order valence-corrected chi connectivity index (χ2v) is 7.05. The zero-order valence-electron chi connectivity index (χ0n) is 14.5. The van der Waals surface area contributed by atoms with Crippen LogP contribution < -0.4 is 0 Å². The van der Waals surface area contributed by atoms with E-state index in [1.807, 2.05) is 0 Å². The van der Waals surface area contributed by atoms with Crippen molar-refractivity contribution < 1.29 is 58.2 Å². The van der Waals surface area contributed by atoms with Crippen LogP contribution in [0.2, 0.25) is 0 Å². The topological polar surface area (TPSA) is 185 Å². The van der Waals surface area contributed by atoms with Gasteiger partial charge in [0.05, 0.1) is 52.9 Å². The highest BCUT2D eigenvalue weighted by atomic mass is 31.2. The summed E-state index contributed by atoms with van der Waals surface area (Å²) in [6, 6.07) is 0. The lowest BCUT2D eigenvalue weighted by Gasteiger charge is -2.19. The van der Waals surface area contributed by atoms with Crippen LogP contribution in [-0.4, -0.2) is 115 Å². The average molecular weight is 408 g/mol. The van der Waals surface area contributed by atoms with Crippen molar-refractivity contribution in [2.24, 2.45) is 0 Å². The Labute approximate surface area is 151 Å². The van der Waals surface area contributed by atoms with E-state index in [2.05, 4.69) is 4.52 Å². The number of rotatable bonds is 17. The summed E-state index contributed by atoms with van der Waals surface area (Å²) >= 11 is 0. The molecule has 0 fully saturated rings. The van der Waals surface area contributed by atoms with E-state index in [9.17, 15) is 14.8 Å². The number of phosphoric acid groups is 1. The van der Waals surface area contributed by atoms with Crippen LogP contribution >= 0.6 is 7.82 Å². The monoisotopic (exact) mass is 408 g/mol. The van der Waals surface area contributed by atoms with Crippen molar-refractivity contribution in [3.63, 3.8) is 0 Å². The molecule has 26 heavy (non-hydrogen) atoms. The molecule has 0 bridgehead atoms. The molecule has 12 nitrogen and oxygen atoms in total. The standard InChI is InChI=1S/C13H29O12P/c1-21-26(20,24-8-11(17)3-15)25-9-13(19)7-23-6-12(18)5-22-4-10(16)2-14/h10-19H,2-9H2,1H3. The van der Waals surface area contributed by atoms with Crippen molar-refractivity contribution in [3.8, 4) is 0 Å². The van der Waals surface area contributed by atoms with Crippen LogP contribution in [0.25, 0.3) is 0 Å². The van der Waals surface area contributed by atoms with Crippen molar-refractivity contribution >= 4 is 7.82 Å². The highest BCUT2D eigenvalue weighted by Crippen LogP contribution is 2.48. The molecule has 13 heteroatoms. The molecular weight excluding hydrogens is 379 g/mol. The Kier molecular flexibility index (Phi) is 14.7. The molecule has 0 amide bonds. The zero-order valence-corrected chi connectivity index (χ0v) is 15.4. The molecule has 0 aliphatic carbocycles. The van der Waals surface area contributed by atoms with Crippen molar-refractivity contribution in [2.75, 3.05) is 60.0 Å². The largest absolute Gasteiger partial charge is 0.474 e. The molecule has 0 saturated carbocycles. The van der Waals surface area contributed by atoms with Gasteiger partial charge in [-0.2, -0.15) is 0 Å². The predicted octanol–water partition coefficient (Wildman–Crippen LogP) is -2.76. The first-order valence-electron chi connectivity index (χ1n) is 7.80. The molecule has 0 saturated heterocycles.